The molecule has 94 valence electrons. The van der Waals surface area contributed by atoms with Gasteiger partial charge in [-0.2, -0.15) is 5.10 Å². The van der Waals surface area contributed by atoms with Gasteiger partial charge < -0.3 is 10.7 Å². The van der Waals surface area contributed by atoms with Crippen molar-refractivity contribution in [2.45, 2.75) is 0 Å². The fourth-order valence-corrected chi connectivity index (χ4v) is 1.98. The molecule has 3 rings (SSSR count). The van der Waals surface area contributed by atoms with Crippen LogP contribution in [0.15, 0.2) is 47.7 Å². The van der Waals surface area contributed by atoms with Crippen LogP contribution in [-0.4, -0.2) is 20.5 Å². The molecule has 0 aliphatic carbocycles. The number of hydrogen-bond donors (Lipinski definition) is 2. The van der Waals surface area contributed by atoms with Gasteiger partial charge >= 0.3 is 0 Å². The number of nitrogens with two attached hydrogens (primary N) is 1. The average Bonchev–Trinajstić information content (AvgIpc) is 2.84. The number of aromatic nitrogens is 3. The molecular weight excluding hydrogens is 244 g/mol. The summed E-state index contributed by atoms with van der Waals surface area (Å²) in [7, 11) is 0. The number of amides is 1. The lowest BCUT2D eigenvalue weighted by atomic mass is 10.1. The highest BCUT2D eigenvalue weighted by Gasteiger charge is 2.10. The van der Waals surface area contributed by atoms with E-state index in [1.807, 2.05) is 0 Å². The monoisotopic (exact) mass is 254 g/mol. The summed E-state index contributed by atoms with van der Waals surface area (Å²) in [6.07, 6.45) is 4.81. The van der Waals surface area contributed by atoms with E-state index < -0.39 is 5.91 Å². The fraction of sp³-hybridized carbons (Fsp3) is 0. The number of rotatable bonds is 2. The molecule has 0 saturated heterocycles. The van der Waals surface area contributed by atoms with Gasteiger partial charge in [0.05, 0.1) is 6.20 Å². The Morgan fingerprint density at radius 3 is 2.68 bits per heavy atom. The van der Waals surface area contributed by atoms with Gasteiger partial charge in [-0.3, -0.25) is 9.59 Å². The van der Waals surface area contributed by atoms with E-state index in [1.165, 1.54) is 10.7 Å². The quantitative estimate of drug-likeness (QED) is 0.708. The minimum Gasteiger partial charge on any atom is -0.366 e. The van der Waals surface area contributed by atoms with Crippen LogP contribution in [0, 0.1) is 0 Å². The summed E-state index contributed by atoms with van der Waals surface area (Å²) in [4.78, 5) is 25.4. The standard InChI is InChI=1S/C13H10N4O2/c14-12(18)9-3-1-8(2-4-9)10-7-16-17-6-5-15-13(19)11(10)17/h1-7H,(H2,14,18)(H,15,19). The largest absolute Gasteiger partial charge is 0.366 e. The molecular formula is C13H10N4O2. The van der Waals surface area contributed by atoms with E-state index >= 15 is 0 Å². The Morgan fingerprint density at radius 2 is 2.00 bits per heavy atom. The highest BCUT2D eigenvalue weighted by Crippen LogP contribution is 2.22. The first-order valence-corrected chi connectivity index (χ1v) is 5.62. The third-order valence-corrected chi connectivity index (χ3v) is 2.92. The molecule has 0 saturated carbocycles. The van der Waals surface area contributed by atoms with Crippen molar-refractivity contribution < 1.29 is 4.79 Å². The predicted molar refractivity (Wildman–Crippen MR) is 69.8 cm³/mol. The van der Waals surface area contributed by atoms with Crippen LogP contribution >= 0.6 is 0 Å². The van der Waals surface area contributed by atoms with Gasteiger partial charge in [0.25, 0.3) is 5.56 Å². The van der Waals surface area contributed by atoms with Crippen LogP contribution in [0.2, 0.25) is 0 Å². The number of fused-ring (bicyclic) bond motifs is 1. The maximum atomic E-state index is 11.8. The van der Waals surface area contributed by atoms with E-state index in [2.05, 4.69) is 10.1 Å². The fourth-order valence-electron chi connectivity index (χ4n) is 1.98. The Labute approximate surface area is 107 Å². The average molecular weight is 254 g/mol. The SMILES string of the molecule is NC(=O)c1ccc(-c2cnn3cc[nH]c(=O)c23)cc1. The highest BCUT2D eigenvalue weighted by molar-refractivity contribution is 5.93. The number of carbonyl (C=O) groups is 1. The first kappa shape index (κ1) is 11.2. The van der Waals surface area contributed by atoms with E-state index in [0.29, 0.717) is 16.6 Å². The zero-order valence-corrected chi connectivity index (χ0v) is 9.83. The number of carbonyl (C=O) groups excluding carboxylic acids is 1. The number of benzene rings is 1. The summed E-state index contributed by atoms with van der Waals surface area (Å²) in [6.45, 7) is 0. The zero-order chi connectivity index (χ0) is 13.4. The third kappa shape index (κ3) is 1.79. The smallest absolute Gasteiger partial charge is 0.274 e. The van der Waals surface area contributed by atoms with E-state index in [4.69, 9.17) is 5.73 Å². The van der Waals surface area contributed by atoms with E-state index in [1.54, 1.807) is 36.7 Å². The molecule has 6 heteroatoms. The molecule has 0 bridgehead atoms. The summed E-state index contributed by atoms with van der Waals surface area (Å²) in [6, 6.07) is 6.73. The second-order valence-corrected chi connectivity index (χ2v) is 4.08. The normalized spacial score (nSPS) is 10.7. The maximum Gasteiger partial charge on any atom is 0.274 e. The number of aromatic amines is 1. The zero-order valence-electron chi connectivity index (χ0n) is 9.83. The van der Waals surface area contributed by atoms with Gasteiger partial charge in [0, 0.05) is 23.5 Å². The molecule has 19 heavy (non-hydrogen) atoms. The third-order valence-electron chi connectivity index (χ3n) is 2.92. The predicted octanol–water partition coefficient (Wildman–Crippen LogP) is 0.789. The maximum absolute atomic E-state index is 11.8. The molecule has 0 fully saturated rings. The van der Waals surface area contributed by atoms with Gasteiger partial charge in [0.1, 0.15) is 5.52 Å². The van der Waals surface area contributed by atoms with Crippen molar-refractivity contribution in [2.75, 3.05) is 0 Å². The minimum atomic E-state index is -0.482. The van der Waals surface area contributed by atoms with Gasteiger partial charge in [-0.05, 0) is 17.7 Å². The number of nitrogens with one attached hydrogen (secondary N) is 1. The van der Waals surface area contributed by atoms with Crippen LogP contribution in [0.1, 0.15) is 10.4 Å². The Balaban J connectivity index is 2.19. The lowest BCUT2D eigenvalue weighted by Crippen LogP contribution is -2.10. The molecule has 0 aliphatic heterocycles. The molecule has 3 N–H and O–H groups in total. The second-order valence-electron chi connectivity index (χ2n) is 4.08. The van der Waals surface area contributed by atoms with Crippen LogP contribution in [0.5, 0.6) is 0 Å². The van der Waals surface area contributed by atoms with Crippen LogP contribution in [-0.2, 0) is 0 Å². The summed E-state index contributed by atoms with van der Waals surface area (Å²) >= 11 is 0. The molecule has 0 spiro atoms. The van der Waals surface area contributed by atoms with Gasteiger partial charge in [0.2, 0.25) is 5.91 Å². The first-order valence-electron chi connectivity index (χ1n) is 5.62. The molecule has 2 aromatic heterocycles. The second kappa shape index (κ2) is 4.09. The van der Waals surface area contributed by atoms with Crippen molar-refractivity contribution in [3.05, 3.63) is 58.8 Å². The summed E-state index contributed by atoms with van der Waals surface area (Å²) in [5, 5.41) is 4.12. The highest BCUT2D eigenvalue weighted by atomic mass is 16.1. The van der Waals surface area contributed by atoms with Crippen molar-refractivity contribution in [3.63, 3.8) is 0 Å². The number of H-pyrrole nitrogens is 1. The molecule has 0 radical (unpaired) electrons. The van der Waals surface area contributed by atoms with E-state index in [0.717, 1.165) is 5.56 Å². The van der Waals surface area contributed by atoms with Crippen molar-refractivity contribution >= 4 is 11.4 Å². The molecule has 0 unspecified atom stereocenters. The minimum absolute atomic E-state index is 0.214. The lowest BCUT2D eigenvalue weighted by molar-refractivity contribution is 0.100. The molecule has 2 heterocycles. The van der Waals surface area contributed by atoms with Crippen molar-refractivity contribution in [1.82, 2.24) is 14.6 Å². The first-order chi connectivity index (χ1) is 9.16. The molecule has 0 atom stereocenters. The molecule has 0 aliphatic rings. The summed E-state index contributed by atoms with van der Waals surface area (Å²) in [5.74, 6) is -0.482. The molecule has 6 nitrogen and oxygen atoms in total. The van der Waals surface area contributed by atoms with Gasteiger partial charge in [-0.1, -0.05) is 12.1 Å². The number of primary amides is 1. The van der Waals surface area contributed by atoms with Crippen LogP contribution in [0.25, 0.3) is 16.6 Å². The van der Waals surface area contributed by atoms with Crippen molar-refractivity contribution in [2.24, 2.45) is 5.73 Å². The van der Waals surface area contributed by atoms with Gasteiger partial charge in [-0.15, -0.1) is 0 Å². The van der Waals surface area contributed by atoms with Gasteiger partial charge in [-0.25, -0.2) is 4.52 Å². The van der Waals surface area contributed by atoms with E-state index in [-0.39, 0.29) is 5.56 Å². The Morgan fingerprint density at radius 1 is 1.26 bits per heavy atom. The van der Waals surface area contributed by atoms with Gasteiger partial charge in [0.15, 0.2) is 0 Å². The molecule has 1 amide bonds. The van der Waals surface area contributed by atoms with Crippen LogP contribution < -0.4 is 11.3 Å². The molecule has 3 aromatic rings. The Bertz CT molecular complexity index is 815. The summed E-state index contributed by atoms with van der Waals surface area (Å²) < 4.78 is 1.51. The lowest BCUT2D eigenvalue weighted by Gasteiger charge is -2.00. The topological polar surface area (TPSA) is 93.2 Å². The Hall–Kier alpha value is -2.89. The van der Waals surface area contributed by atoms with Crippen LogP contribution in [0.3, 0.4) is 0 Å². The van der Waals surface area contributed by atoms with Crippen molar-refractivity contribution in [3.8, 4) is 11.1 Å². The van der Waals surface area contributed by atoms with Crippen LogP contribution in [0.4, 0.5) is 0 Å². The van der Waals surface area contributed by atoms with Crippen molar-refractivity contribution in [1.29, 1.82) is 0 Å². The summed E-state index contributed by atoms with van der Waals surface area (Å²) in [5.41, 5.74) is 7.37. The number of nitrogens with zero attached hydrogens (tertiary/aromatic N) is 2. The van der Waals surface area contributed by atoms with E-state index in [9.17, 15) is 9.59 Å². The molecule has 1 aromatic carbocycles. The number of hydrogen-bond acceptors (Lipinski definition) is 3. The Kier molecular flexibility index (Phi) is 2.42.